The molecule has 0 saturated carbocycles. The third-order valence-corrected chi connectivity index (χ3v) is 7.34. The zero-order chi connectivity index (χ0) is 23.6. The number of hydrogen-bond donors (Lipinski definition) is 2. The van der Waals surface area contributed by atoms with Crippen molar-refractivity contribution in [1.29, 1.82) is 5.26 Å². The molecule has 1 heterocycles. The van der Waals surface area contributed by atoms with Gasteiger partial charge in [-0.2, -0.15) is 5.26 Å². The number of quaternary nitrogens is 1. The number of carbonyl (C=O) groups excluding carboxylic acids is 1. The van der Waals surface area contributed by atoms with Crippen LogP contribution in [0.3, 0.4) is 0 Å². The maximum Gasteiger partial charge on any atom is 0.414 e. The van der Waals surface area contributed by atoms with Crippen LogP contribution in [-0.2, 0) is 16.6 Å². The van der Waals surface area contributed by atoms with Crippen molar-refractivity contribution in [2.24, 2.45) is 10.9 Å². The monoisotopic (exact) mass is 461 g/mol. The van der Waals surface area contributed by atoms with Crippen LogP contribution in [0.5, 0.6) is 0 Å². The number of sulfonamides is 1. The minimum Gasteiger partial charge on any atom is -0.319 e. The molecule has 1 aliphatic rings. The summed E-state index contributed by atoms with van der Waals surface area (Å²) in [5, 5.41) is 14.6. The van der Waals surface area contributed by atoms with Crippen molar-refractivity contribution in [3.05, 3.63) is 89.5 Å². The van der Waals surface area contributed by atoms with Gasteiger partial charge in [-0.3, -0.25) is 0 Å². The zero-order valence-corrected chi connectivity index (χ0v) is 18.8. The predicted octanol–water partition coefficient (Wildman–Crippen LogP) is 3.46. The van der Waals surface area contributed by atoms with Gasteiger partial charge in [-0.1, -0.05) is 54.6 Å². The van der Waals surface area contributed by atoms with Crippen LogP contribution in [0.1, 0.15) is 29.0 Å². The second kappa shape index (κ2) is 8.79. The summed E-state index contributed by atoms with van der Waals surface area (Å²) < 4.78 is 24.0. The molecule has 4 N–H and O–H groups in total. The van der Waals surface area contributed by atoms with E-state index in [4.69, 9.17) is 10.9 Å². The van der Waals surface area contributed by atoms with Crippen LogP contribution in [0.15, 0.2) is 77.7 Å². The van der Waals surface area contributed by atoms with E-state index in [1.165, 1.54) is 6.07 Å². The number of nitriles is 1. The summed E-state index contributed by atoms with van der Waals surface area (Å²) in [5.41, 5.74) is 9.70. The Labute approximate surface area is 193 Å². The van der Waals surface area contributed by atoms with Gasteiger partial charge in [-0.15, -0.1) is 0 Å². The van der Waals surface area contributed by atoms with Crippen molar-refractivity contribution in [2.45, 2.75) is 23.8 Å². The van der Waals surface area contributed by atoms with E-state index < -0.39 is 10.0 Å². The van der Waals surface area contributed by atoms with Crippen molar-refractivity contribution in [1.82, 2.24) is 0 Å². The molecule has 1 aliphatic heterocycles. The van der Waals surface area contributed by atoms with Gasteiger partial charge in [0, 0.05) is 23.5 Å². The first-order valence-electron chi connectivity index (χ1n) is 10.6. The van der Waals surface area contributed by atoms with E-state index in [0.717, 1.165) is 23.1 Å². The van der Waals surface area contributed by atoms with Gasteiger partial charge in [0.25, 0.3) is 0 Å². The lowest BCUT2D eigenvalue weighted by molar-refractivity contribution is -0.851. The Morgan fingerprint density at radius 1 is 1.06 bits per heavy atom. The molecule has 0 radical (unpaired) electrons. The van der Waals surface area contributed by atoms with E-state index in [-0.39, 0.29) is 21.3 Å². The third kappa shape index (κ3) is 4.66. The van der Waals surface area contributed by atoms with Gasteiger partial charge in [0.2, 0.25) is 10.0 Å². The molecule has 7 nitrogen and oxygen atoms in total. The number of primary amides is 1. The van der Waals surface area contributed by atoms with Gasteiger partial charge >= 0.3 is 6.03 Å². The molecule has 3 aromatic carbocycles. The van der Waals surface area contributed by atoms with Gasteiger partial charge in [0.1, 0.15) is 6.54 Å². The number of hydrogen-bond acceptors (Lipinski definition) is 4. The molecule has 0 aromatic heterocycles. The minimum absolute atomic E-state index is 0.0698. The molecule has 4 rings (SSSR count). The summed E-state index contributed by atoms with van der Waals surface area (Å²) in [5.74, 6) is 0.145. The minimum atomic E-state index is -3.85. The maximum atomic E-state index is 12.5. The standard InChI is InChI=1S/C25H24N4O3S/c26-15-19-4-3-5-21(14-19)22-12-13-29(17-22,25(27)30)16-18-8-10-20(11-9-18)23-6-1-2-7-24(23)33(28,31)32/h1-11,14,22H,12-13,16-17H2,(H3-,27,28,30,31,32)/p+1/t22-,29-/m0/s1. The largest absolute Gasteiger partial charge is 0.414 e. The fourth-order valence-corrected chi connectivity index (χ4v) is 5.42. The summed E-state index contributed by atoms with van der Waals surface area (Å²) in [6.45, 7) is 1.63. The molecule has 168 valence electrons. The lowest BCUT2D eigenvalue weighted by atomic mass is 9.97. The molecule has 0 unspecified atom stereocenters. The number of nitrogens with zero attached hydrogens (tertiary/aromatic N) is 2. The molecule has 3 aromatic rings. The molecule has 0 aliphatic carbocycles. The van der Waals surface area contributed by atoms with Gasteiger partial charge in [-0.25, -0.2) is 22.8 Å². The van der Waals surface area contributed by atoms with Gasteiger partial charge in [0.15, 0.2) is 0 Å². The highest BCUT2D eigenvalue weighted by molar-refractivity contribution is 7.89. The Morgan fingerprint density at radius 2 is 1.79 bits per heavy atom. The van der Waals surface area contributed by atoms with E-state index in [0.29, 0.717) is 30.8 Å². The molecule has 0 spiro atoms. The van der Waals surface area contributed by atoms with Crippen molar-refractivity contribution in [3.8, 4) is 17.2 Å². The molecule has 0 bridgehead atoms. The third-order valence-electron chi connectivity index (χ3n) is 6.37. The molecule has 1 fully saturated rings. The Balaban J connectivity index is 1.58. The molecule has 33 heavy (non-hydrogen) atoms. The first kappa shape index (κ1) is 22.7. The summed E-state index contributed by atoms with van der Waals surface area (Å²) in [6.07, 6.45) is 0.803. The average molecular weight is 462 g/mol. The Bertz CT molecular complexity index is 1350. The summed E-state index contributed by atoms with van der Waals surface area (Å²) in [7, 11) is -3.85. The highest BCUT2D eigenvalue weighted by Crippen LogP contribution is 2.35. The van der Waals surface area contributed by atoms with Crippen LogP contribution in [-0.4, -0.2) is 32.0 Å². The Kier molecular flexibility index (Phi) is 6.04. The smallest absolute Gasteiger partial charge is 0.319 e. The first-order valence-corrected chi connectivity index (χ1v) is 12.1. The van der Waals surface area contributed by atoms with Gasteiger partial charge in [-0.05, 0) is 29.3 Å². The van der Waals surface area contributed by atoms with E-state index in [1.54, 1.807) is 24.3 Å². The molecule has 8 heteroatoms. The Hall–Kier alpha value is -3.51. The van der Waals surface area contributed by atoms with E-state index in [9.17, 15) is 18.5 Å². The van der Waals surface area contributed by atoms with Crippen LogP contribution in [0.25, 0.3) is 11.1 Å². The molecular weight excluding hydrogens is 436 g/mol. The fraction of sp³-hybridized carbons (Fsp3) is 0.200. The van der Waals surface area contributed by atoms with Crippen LogP contribution in [0.2, 0.25) is 0 Å². The lowest BCUT2D eigenvalue weighted by Gasteiger charge is -2.29. The van der Waals surface area contributed by atoms with Crippen molar-refractivity contribution in [2.75, 3.05) is 13.1 Å². The number of primary sulfonamides is 1. The summed E-state index contributed by atoms with van der Waals surface area (Å²) in [4.78, 5) is 12.6. The van der Waals surface area contributed by atoms with Gasteiger partial charge < -0.3 is 5.73 Å². The number of nitrogens with two attached hydrogens (primary N) is 2. The number of rotatable bonds is 5. The van der Waals surface area contributed by atoms with Crippen molar-refractivity contribution in [3.63, 3.8) is 0 Å². The second-order valence-corrected chi connectivity index (χ2v) is 10.0. The topological polar surface area (TPSA) is 127 Å². The summed E-state index contributed by atoms with van der Waals surface area (Å²) >= 11 is 0. The van der Waals surface area contributed by atoms with E-state index >= 15 is 0 Å². The molecular formula is C25H25N4O3S+. The first-order chi connectivity index (χ1) is 15.7. The van der Waals surface area contributed by atoms with Gasteiger partial charge in [0.05, 0.1) is 29.6 Å². The zero-order valence-electron chi connectivity index (χ0n) is 18.0. The predicted molar refractivity (Wildman–Crippen MR) is 125 cm³/mol. The SMILES string of the molecule is N#Cc1cccc([C@H]2CC[N@@+](Cc3ccc(-c4ccccc4S(N)(=O)=O)cc3)(C(N)=O)C2)c1. The molecule has 1 saturated heterocycles. The van der Waals surface area contributed by atoms with Crippen LogP contribution < -0.4 is 10.9 Å². The van der Waals surface area contributed by atoms with E-state index in [2.05, 4.69) is 6.07 Å². The fourth-order valence-electron chi connectivity index (χ4n) is 4.66. The maximum absolute atomic E-state index is 12.5. The number of amides is 2. The number of benzene rings is 3. The summed E-state index contributed by atoms with van der Waals surface area (Å²) in [6, 6.07) is 23.3. The van der Waals surface area contributed by atoms with Crippen LogP contribution in [0, 0.1) is 11.3 Å². The number of likely N-dealkylation sites (tertiary alicyclic amines) is 1. The van der Waals surface area contributed by atoms with Crippen molar-refractivity contribution < 1.29 is 17.7 Å². The second-order valence-electron chi connectivity index (χ2n) is 8.51. The lowest BCUT2D eigenvalue weighted by Crippen LogP contribution is -2.53. The normalized spacial score (nSPS) is 20.3. The average Bonchev–Trinajstić information content (AvgIpc) is 3.25. The van der Waals surface area contributed by atoms with Crippen molar-refractivity contribution >= 4 is 16.1 Å². The number of carbonyl (C=O) groups is 1. The van der Waals surface area contributed by atoms with E-state index in [1.807, 2.05) is 42.5 Å². The highest BCUT2D eigenvalue weighted by atomic mass is 32.2. The molecule has 2 amide bonds. The molecule has 2 atom stereocenters. The van der Waals surface area contributed by atoms with Crippen LogP contribution >= 0.6 is 0 Å². The number of urea groups is 1. The Morgan fingerprint density at radius 3 is 2.45 bits per heavy atom. The highest BCUT2D eigenvalue weighted by Gasteiger charge is 2.44. The van der Waals surface area contributed by atoms with Crippen LogP contribution in [0.4, 0.5) is 4.79 Å². The quantitative estimate of drug-likeness (QED) is 0.564.